The maximum Gasteiger partial charge on any atom is 0.264 e. The zero-order valence-corrected chi connectivity index (χ0v) is 9.96. The van der Waals surface area contributed by atoms with Crippen LogP contribution in [0.3, 0.4) is 0 Å². The molecule has 82 valence electrons. The van der Waals surface area contributed by atoms with Gasteiger partial charge in [-0.2, -0.15) is 0 Å². The fourth-order valence-corrected chi connectivity index (χ4v) is 2.66. The monoisotopic (exact) mass is 224 g/mol. The van der Waals surface area contributed by atoms with Gasteiger partial charge in [0.15, 0.2) is 0 Å². The molecule has 0 radical (unpaired) electrons. The van der Waals surface area contributed by atoms with Gasteiger partial charge in [-0.15, -0.1) is 11.3 Å². The second kappa shape index (κ2) is 4.33. The molecule has 2 rings (SSSR count). The topological polar surface area (TPSA) is 23.6 Å². The van der Waals surface area contributed by atoms with Crippen LogP contribution in [-0.2, 0) is 0 Å². The molecule has 1 aromatic heterocycles. The van der Waals surface area contributed by atoms with E-state index in [0.29, 0.717) is 6.04 Å². The van der Waals surface area contributed by atoms with Crippen molar-refractivity contribution in [3.8, 4) is 0 Å². The first-order chi connectivity index (χ1) is 7.18. The molecule has 15 heavy (non-hydrogen) atoms. The molecular formula is C11H16N2OS. The molecule has 0 aliphatic carbocycles. The van der Waals surface area contributed by atoms with Crippen LogP contribution in [0, 0.1) is 0 Å². The van der Waals surface area contributed by atoms with Crippen LogP contribution in [0.15, 0.2) is 17.5 Å². The van der Waals surface area contributed by atoms with Crippen molar-refractivity contribution in [3.63, 3.8) is 0 Å². The van der Waals surface area contributed by atoms with Gasteiger partial charge in [0, 0.05) is 25.7 Å². The Kier molecular flexibility index (Phi) is 3.07. The lowest BCUT2D eigenvalue weighted by atomic mass is 10.2. The lowest BCUT2D eigenvalue weighted by molar-refractivity contribution is 0.0538. The minimum Gasteiger partial charge on any atom is -0.333 e. The number of nitrogens with zero attached hydrogens (tertiary/aromatic N) is 2. The first kappa shape index (κ1) is 10.6. The van der Waals surface area contributed by atoms with Crippen molar-refractivity contribution in [1.29, 1.82) is 0 Å². The molecule has 2 heterocycles. The molecule has 0 aromatic carbocycles. The van der Waals surface area contributed by atoms with Crippen LogP contribution in [-0.4, -0.2) is 48.4 Å². The molecule has 1 unspecified atom stereocenters. The van der Waals surface area contributed by atoms with Crippen molar-refractivity contribution >= 4 is 17.2 Å². The van der Waals surface area contributed by atoms with E-state index in [-0.39, 0.29) is 5.91 Å². The van der Waals surface area contributed by atoms with Crippen molar-refractivity contribution in [2.45, 2.75) is 13.0 Å². The van der Waals surface area contributed by atoms with Gasteiger partial charge >= 0.3 is 0 Å². The summed E-state index contributed by atoms with van der Waals surface area (Å²) in [5.41, 5.74) is 0. The molecule has 0 saturated carbocycles. The van der Waals surface area contributed by atoms with Gasteiger partial charge in [-0.3, -0.25) is 4.79 Å². The average molecular weight is 224 g/mol. The smallest absolute Gasteiger partial charge is 0.264 e. The fraction of sp³-hybridized carbons (Fsp3) is 0.545. The van der Waals surface area contributed by atoms with Crippen LogP contribution >= 0.6 is 11.3 Å². The summed E-state index contributed by atoms with van der Waals surface area (Å²) in [5, 5.41) is 1.95. The Balaban J connectivity index is 2.08. The van der Waals surface area contributed by atoms with Crippen LogP contribution in [0.2, 0.25) is 0 Å². The first-order valence-electron chi connectivity index (χ1n) is 5.21. The predicted molar refractivity (Wildman–Crippen MR) is 62.3 cm³/mol. The van der Waals surface area contributed by atoms with E-state index in [1.165, 1.54) is 11.3 Å². The SMILES string of the molecule is CC1CN(C)CCN1C(=O)c1cccs1. The molecule has 1 aliphatic heterocycles. The van der Waals surface area contributed by atoms with Gasteiger partial charge in [0.1, 0.15) is 0 Å². The first-order valence-corrected chi connectivity index (χ1v) is 6.09. The second-order valence-electron chi connectivity index (χ2n) is 4.09. The number of carbonyl (C=O) groups excluding carboxylic acids is 1. The molecule has 3 nitrogen and oxygen atoms in total. The number of thiophene rings is 1. The largest absolute Gasteiger partial charge is 0.333 e. The number of carbonyl (C=O) groups is 1. The van der Waals surface area contributed by atoms with E-state index in [1.807, 2.05) is 22.4 Å². The van der Waals surface area contributed by atoms with E-state index < -0.39 is 0 Å². The number of rotatable bonds is 1. The highest BCUT2D eigenvalue weighted by Crippen LogP contribution is 2.16. The highest BCUT2D eigenvalue weighted by Gasteiger charge is 2.26. The molecule has 0 bridgehead atoms. The van der Waals surface area contributed by atoms with Gasteiger partial charge in [-0.1, -0.05) is 6.07 Å². The van der Waals surface area contributed by atoms with E-state index in [2.05, 4.69) is 18.9 Å². The summed E-state index contributed by atoms with van der Waals surface area (Å²) in [6.45, 7) is 4.90. The van der Waals surface area contributed by atoms with Gasteiger partial charge in [0.2, 0.25) is 0 Å². The lowest BCUT2D eigenvalue weighted by Gasteiger charge is -2.38. The lowest BCUT2D eigenvalue weighted by Crippen LogP contribution is -2.52. The maximum atomic E-state index is 12.1. The number of hydrogen-bond acceptors (Lipinski definition) is 3. The van der Waals surface area contributed by atoms with Crippen LogP contribution in [0.5, 0.6) is 0 Å². The average Bonchev–Trinajstić information content (AvgIpc) is 2.69. The Morgan fingerprint density at radius 2 is 2.33 bits per heavy atom. The molecule has 1 atom stereocenters. The summed E-state index contributed by atoms with van der Waals surface area (Å²) in [6, 6.07) is 4.15. The summed E-state index contributed by atoms with van der Waals surface area (Å²) in [7, 11) is 2.10. The standard InChI is InChI=1S/C11H16N2OS/c1-9-8-12(2)5-6-13(9)11(14)10-4-3-7-15-10/h3-4,7,9H,5-6,8H2,1-2H3. The third kappa shape index (κ3) is 2.21. The molecular weight excluding hydrogens is 208 g/mol. The third-order valence-electron chi connectivity index (χ3n) is 2.82. The summed E-state index contributed by atoms with van der Waals surface area (Å²) in [6.07, 6.45) is 0. The molecule has 4 heteroatoms. The highest BCUT2D eigenvalue weighted by atomic mass is 32.1. The number of likely N-dealkylation sites (N-methyl/N-ethyl adjacent to an activating group) is 1. The van der Waals surface area contributed by atoms with Crippen molar-refractivity contribution in [3.05, 3.63) is 22.4 Å². The predicted octanol–water partition coefficient (Wildman–Crippen LogP) is 1.52. The minimum atomic E-state index is 0.186. The number of piperazine rings is 1. The summed E-state index contributed by atoms with van der Waals surface area (Å²) >= 11 is 1.52. The van der Waals surface area contributed by atoms with Gasteiger partial charge < -0.3 is 9.80 Å². The summed E-state index contributed by atoms with van der Waals surface area (Å²) in [4.78, 5) is 17.2. The Bertz CT molecular complexity index is 336. The zero-order chi connectivity index (χ0) is 10.8. The van der Waals surface area contributed by atoms with Crippen LogP contribution in [0.4, 0.5) is 0 Å². The third-order valence-corrected chi connectivity index (χ3v) is 3.68. The van der Waals surface area contributed by atoms with Gasteiger partial charge in [-0.05, 0) is 25.4 Å². The van der Waals surface area contributed by atoms with E-state index in [9.17, 15) is 4.79 Å². The quantitative estimate of drug-likeness (QED) is 0.722. The second-order valence-corrected chi connectivity index (χ2v) is 5.03. The Morgan fingerprint density at radius 1 is 1.53 bits per heavy atom. The van der Waals surface area contributed by atoms with Crippen molar-refractivity contribution < 1.29 is 4.79 Å². The Labute approximate surface area is 94.3 Å². The number of amides is 1. The Hall–Kier alpha value is -0.870. The van der Waals surface area contributed by atoms with Gasteiger partial charge in [0.05, 0.1) is 4.88 Å². The molecule has 1 aromatic rings. The van der Waals surface area contributed by atoms with E-state index in [4.69, 9.17) is 0 Å². The molecule has 1 fully saturated rings. The molecule has 1 saturated heterocycles. The molecule has 0 spiro atoms. The Morgan fingerprint density at radius 3 is 2.93 bits per heavy atom. The normalized spacial score (nSPS) is 23.1. The molecule has 1 amide bonds. The highest BCUT2D eigenvalue weighted by molar-refractivity contribution is 7.12. The maximum absolute atomic E-state index is 12.1. The minimum absolute atomic E-state index is 0.186. The molecule has 0 N–H and O–H groups in total. The molecule has 1 aliphatic rings. The van der Waals surface area contributed by atoms with Crippen LogP contribution in [0.25, 0.3) is 0 Å². The van der Waals surface area contributed by atoms with Crippen LogP contribution < -0.4 is 0 Å². The summed E-state index contributed by atoms with van der Waals surface area (Å²) < 4.78 is 0. The summed E-state index contributed by atoms with van der Waals surface area (Å²) in [5.74, 6) is 0.186. The van der Waals surface area contributed by atoms with Gasteiger partial charge in [0.25, 0.3) is 5.91 Å². The van der Waals surface area contributed by atoms with Crippen LogP contribution in [0.1, 0.15) is 16.6 Å². The zero-order valence-electron chi connectivity index (χ0n) is 9.14. The van der Waals surface area contributed by atoms with Crippen molar-refractivity contribution in [2.75, 3.05) is 26.7 Å². The van der Waals surface area contributed by atoms with E-state index in [0.717, 1.165) is 24.5 Å². The number of hydrogen-bond donors (Lipinski definition) is 0. The fourth-order valence-electron chi connectivity index (χ4n) is 1.98. The van der Waals surface area contributed by atoms with E-state index >= 15 is 0 Å². The van der Waals surface area contributed by atoms with Gasteiger partial charge in [-0.25, -0.2) is 0 Å². The van der Waals surface area contributed by atoms with E-state index in [1.54, 1.807) is 0 Å². The van der Waals surface area contributed by atoms with Crippen molar-refractivity contribution in [2.24, 2.45) is 0 Å². The van der Waals surface area contributed by atoms with Crippen molar-refractivity contribution in [1.82, 2.24) is 9.80 Å².